The molecule has 0 spiro atoms. The lowest BCUT2D eigenvalue weighted by molar-refractivity contribution is -0.145. The number of phenols is 1. The Bertz CT molecular complexity index is 3370. The summed E-state index contributed by atoms with van der Waals surface area (Å²) in [5, 5.41) is 40.2. The van der Waals surface area contributed by atoms with Crippen molar-refractivity contribution in [3.8, 4) is 33.5 Å². The molecule has 20 heteroatoms. The summed E-state index contributed by atoms with van der Waals surface area (Å²) in [4.78, 5) is 67.6. The van der Waals surface area contributed by atoms with E-state index in [-0.39, 0.29) is 78.1 Å². The standard InChI is InChI=1S/C63H81F2N9O8S/c1-12-44-47(64)20-19-40-27-41(75)28-45(50(40)44)52-51(65)53-46(31-66-52)56(72-24-14-22-63(11,80)34-72)71-59(70-53)82-43-21-25-73(33-43)62(10,13-2)23-26-81-61(8,9)30-49(77)69-55(60(5,6)7)58(79)74-32-42(76)29-48(74)57(78)68-36(3)38-15-17-39(18-16-38)54-37(4)67-35-83-54/h15-20,27-28,31,35-36,42-43,48,55,75-76,80H,12-14,21-26,29-30,32-34H2,1-11H3,(H,68,78)(H,69,77)/t36-,42+,43?,48-,55+,62?,63+/m0/s1. The van der Waals surface area contributed by atoms with E-state index in [2.05, 4.69) is 39.3 Å². The van der Waals surface area contributed by atoms with Crippen LogP contribution in [0.25, 0.3) is 43.4 Å². The van der Waals surface area contributed by atoms with Gasteiger partial charge in [-0.05, 0) is 131 Å². The number of β-amino-alcohol motifs (C(OH)–C–C–N with tert-alkyl or cyclic N) is 2. The molecule has 0 bridgehead atoms. The van der Waals surface area contributed by atoms with Crippen LogP contribution >= 0.6 is 11.3 Å². The van der Waals surface area contributed by atoms with Crippen molar-refractivity contribution in [3.05, 3.63) is 88.7 Å². The topological polar surface area (TPSA) is 216 Å². The van der Waals surface area contributed by atoms with Gasteiger partial charge in [0.05, 0.1) is 51.2 Å². The molecule has 3 saturated heterocycles. The number of aromatic nitrogens is 4. The molecular formula is C63H81F2N9O8S. The molecular weight excluding hydrogens is 1080 g/mol. The number of carbonyl (C=O) groups is 3. The molecule has 0 radical (unpaired) electrons. The van der Waals surface area contributed by atoms with E-state index in [1.165, 1.54) is 29.3 Å². The van der Waals surface area contributed by atoms with Gasteiger partial charge in [0, 0.05) is 63.1 Å². The zero-order valence-corrected chi connectivity index (χ0v) is 50.6. The number of fused-ring (bicyclic) bond motifs is 2. The van der Waals surface area contributed by atoms with Crippen LogP contribution in [-0.4, -0.2) is 143 Å². The largest absolute Gasteiger partial charge is 0.508 e. The van der Waals surface area contributed by atoms with Gasteiger partial charge in [-0.15, -0.1) is 11.3 Å². The average Bonchev–Trinajstić information content (AvgIpc) is 2.90. The van der Waals surface area contributed by atoms with E-state index in [0.717, 1.165) is 28.1 Å². The van der Waals surface area contributed by atoms with Crippen LogP contribution in [-0.2, 0) is 25.5 Å². The van der Waals surface area contributed by atoms with Gasteiger partial charge >= 0.3 is 6.01 Å². The number of phenolic OH excluding ortho intramolecular Hbond substituents is 1. The summed E-state index contributed by atoms with van der Waals surface area (Å²) >= 11 is 1.57. The minimum absolute atomic E-state index is 0.0344. The van der Waals surface area contributed by atoms with Gasteiger partial charge in [-0.1, -0.05) is 65.0 Å². The number of benzene rings is 3. The first-order valence-corrected chi connectivity index (χ1v) is 30.0. The van der Waals surface area contributed by atoms with E-state index in [1.807, 2.05) is 90.1 Å². The number of pyridine rings is 1. The van der Waals surface area contributed by atoms with Gasteiger partial charge in [-0.2, -0.15) is 9.97 Å². The number of anilines is 1. The number of hydrogen-bond donors (Lipinski definition) is 5. The minimum atomic E-state index is -1.02. The lowest BCUT2D eigenvalue weighted by Crippen LogP contribution is -2.58. The number of piperidine rings is 1. The third-order valence-electron chi connectivity index (χ3n) is 17.1. The second kappa shape index (κ2) is 24.3. The summed E-state index contributed by atoms with van der Waals surface area (Å²) in [6.07, 6.45) is 3.81. The maximum atomic E-state index is 17.3. The Morgan fingerprint density at radius 2 is 1.72 bits per heavy atom. The Labute approximate surface area is 489 Å². The number of nitrogens with zero attached hydrogens (tertiary/aromatic N) is 7. The molecule has 9 rings (SSSR count). The summed E-state index contributed by atoms with van der Waals surface area (Å²) in [6, 6.07) is 11.4. The average molecular weight is 1160 g/mol. The highest BCUT2D eigenvalue weighted by Crippen LogP contribution is 2.41. The third kappa shape index (κ3) is 13.4. The Hall–Kier alpha value is -6.45. The molecule has 83 heavy (non-hydrogen) atoms. The highest BCUT2D eigenvalue weighted by Gasteiger charge is 2.46. The number of rotatable bonds is 19. The highest BCUT2D eigenvalue weighted by molar-refractivity contribution is 7.13. The van der Waals surface area contributed by atoms with Crippen LogP contribution in [0.1, 0.15) is 137 Å². The van der Waals surface area contributed by atoms with Crippen molar-refractivity contribution in [2.24, 2.45) is 5.41 Å². The lowest BCUT2D eigenvalue weighted by atomic mass is 9.85. The van der Waals surface area contributed by atoms with Gasteiger partial charge in [-0.3, -0.25) is 24.3 Å². The number of aliphatic hydroxyl groups excluding tert-OH is 1. The monoisotopic (exact) mass is 1160 g/mol. The van der Waals surface area contributed by atoms with Crippen molar-refractivity contribution in [1.29, 1.82) is 0 Å². The van der Waals surface area contributed by atoms with E-state index < -0.39 is 58.3 Å². The molecule has 6 aromatic rings. The van der Waals surface area contributed by atoms with Crippen LogP contribution in [0.2, 0.25) is 0 Å². The second-order valence-electron chi connectivity index (χ2n) is 25.2. The fourth-order valence-electron chi connectivity index (χ4n) is 12.2. The van der Waals surface area contributed by atoms with Gasteiger partial charge in [0.15, 0.2) is 5.82 Å². The predicted octanol–water partition coefficient (Wildman–Crippen LogP) is 9.74. The van der Waals surface area contributed by atoms with Gasteiger partial charge in [0.2, 0.25) is 17.7 Å². The van der Waals surface area contributed by atoms with E-state index in [9.17, 15) is 29.7 Å². The summed E-state index contributed by atoms with van der Waals surface area (Å²) in [5.74, 6) is -2.20. The van der Waals surface area contributed by atoms with Gasteiger partial charge < -0.3 is 45.2 Å². The Kier molecular flexibility index (Phi) is 17.9. The van der Waals surface area contributed by atoms with E-state index >= 15 is 8.78 Å². The number of aromatic hydroxyl groups is 1. The van der Waals surface area contributed by atoms with Crippen LogP contribution in [0.15, 0.2) is 60.2 Å². The SMILES string of the molecule is CCc1c(F)ccc2cc(O)cc(-c3ncc4c(N5CCC[C@@](C)(O)C5)nc(OC5CCN(C(C)(CC)CCOC(C)(C)CC(=O)N[C@H](C(=O)N6C[C@H](O)C[C@H]6C(=O)N[C@@H](C)c6ccc(-c7scnc7C)cc6)C(C)(C)C)C5)nc4c3F)c12. The molecule has 3 aromatic carbocycles. The van der Waals surface area contributed by atoms with Gasteiger partial charge in [-0.25, -0.2) is 13.8 Å². The number of hydrogen-bond acceptors (Lipinski definition) is 15. The number of nitrogens with one attached hydrogen (secondary N) is 2. The Morgan fingerprint density at radius 3 is 2.40 bits per heavy atom. The molecule has 7 atom stereocenters. The minimum Gasteiger partial charge on any atom is -0.508 e. The summed E-state index contributed by atoms with van der Waals surface area (Å²) in [6.45, 7) is 23.2. The molecule has 3 fully saturated rings. The first kappa shape index (κ1) is 61.1. The smallest absolute Gasteiger partial charge is 0.319 e. The van der Waals surface area contributed by atoms with Crippen molar-refractivity contribution < 1.29 is 48.0 Å². The Balaban J connectivity index is 0.840. The van der Waals surface area contributed by atoms with Crippen LogP contribution in [0.5, 0.6) is 11.8 Å². The quantitative estimate of drug-likeness (QED) is 0.0511. The molecule has 3 aromatic heterocycles. The van der Waals surface area contributed by atoms with Crippen LogP contribution in [0, 0.1) is 24.0 Å². The zero-order valence-electron chi connectivity index (χ0n) is 49.7. The molecule has 3 aliphatic rings. The first-order chi connectivity index (χ1) is 39.2. The van der Waals surface area contributed by atoms with Gasteiger partial charge in [0.25, 0.3) is 0 Å². The molecule has 0 saturated carbocycles. The van der Waals surface area contributed by atoms with Gasteiger partial charge in [0.1, 0.15) is 46.8 Å². The number of thiazole rings is 1. The second-order valence-corrected chi connectivity index (χ2v) is 26.1. The Morgan fingerprint density at radius 1 is 0.976 bits per heavy atom. The molecule has 2 unspecified atom stereocenters. The fourth-order valence-corrected chi connectivity index (χ4v) is 13.0. The number of halogens is 2. The van der Waals surface area contributed by atoms with E-state index in [4.69, 9.17) is 19.4 Å². The molecule has 6 heterocycles. The van der Waals surface area contributed by atoms with E-state index in [0.29, 0.717) is 85.9 Å². The number of aryl methyl sites for hydroxylation is 2. The zero-order chi connectivity index (χ0) is 59.9. The fraction of sp³-hybridized carbons (Fsp3) is 0.540. The summed E-state index contributed by atoms with van der Waals surface area (Å²) in [5.41, 5.74) is 2.06. The first-order valence-electron chi connectivity index (χ1n) is 29.1. The number of likely N-dealkylation sites (tertiary alicyclic amines) is 2. The summed E-state index contributed by atoms with van der Waals surface area (Å²) in [7, 11) is 0. The molecule has 0 aliphatic carbocycles. The lowest BCUT2D eigenvalue weighted by Gasteiger charge is -2.39. The maximum absolute atomic E-state index is 17.3. The van der Waals surface area contributed by atoms with Crippen LogP contribution in [0.4, 0.5) is 14.6 Å². The van der Waals surface area contributed by atoms with Crippen molar-refractivity contribution in [2.45, 2.75) is 175 Å². The molecule has 5 N–H and O–H groups in total. The number of aliphatic hydroxyl groups is 2. The van der Waals surface area contributed by atoms with E-state index in [1.54, 1.807) is 24.3 Å². The van der Waals surface area contributed by atoms with Crippen LogP contribution < -0.4 is 20.3 Å². The third-order valence-corrected chi connectivity index (χ3v) is 18.1. The predicted molar refractivity (Wildman–Crippen MR) is 318 cm³/mol. The van der Waals surface area contributed by atoms with Crippen LogP contribution in [0.3, 0.4) is 0 Å². The normalized spacial score (nSPS) is 21.3. The van der Waals surface area contributed by atoms with Crippen molar-refractivity contribution in [3.63, 3.8) is 0 Å². The van der Waals surface area contributed by atoms with Crippen molar-refractivity contribution >= 4 is 56.6 Å². The molecule has 3 aliphatic heterocycles. The number of amides is 3. The molecule has 446 valence electrons. The molecule has 17 nitrogen and oxygen atoms in total. The van der Waals surface area contributed by atoms with Crippen molar-refractivity contribution in [1.82, 2.24) is 40.4 Å². The highest BCUT2D eigenvalue weighted by atomic mass is 32.1. The van der Waals surface area contributed by atoms with Crippen molar-refractivity contribution in [2.75, 3.05) is 44.2 Å². The molecule has 3 amide bonds. The summed E-state index contributed by atoms with van der Waals surface area (Å²) < 4.78 is 45.6. The maximum Gasteiger partial charge on any atom is 0.319 e. The number of carbonyl (C=O) groups excluding carboxylic acids is 3. The number of ether oxygens (including phenoxy) is 2.